The van der Waals surface area contributed by atoms with Gasteiger partial charge in [-0.05, 0) is 24.1 Å². The molecule has 2 aromatic carbocycles. The van der Waals surface area contributed by atoms with Crippen LogP contribution in [0.2, 0.25) is 0 Å². The van der Waals surface area contributed by atoms with E-state index in [4.69, 9.17) is 0 Å². The molecule has 0 unspecified atom stereocenters. The highest BCUT2D eigenvalue weighted by Crippen LogP contribution is 2.20. The fourth-order valence-electron chi connectivity index (χ4n) is 1.93. The summed E-state index contributed by atoms with van der Waals surface area (Å²) in [4.78, 5) is 12.1. The average Bonchev–Trinajstić information content (AvgIpc) is 2.35. The van der Waals surface area contributed by atoms with E-state index in [1.54, 1.807) is 0 Å². The van der Waals surface area contributed by atoms with Crippen LogP contribution in [-0.2, 0) is 0 Å². The SMILES string of the molecule is C=C(C)CCC(=O)c1cccc2ccccc12. The Hall–Kier alpha value is -1.89. The topological polar surface area (TPSA) is 17.1 Å². The minimum absolute atomic E-state index is 0.199. The first-order valence-corrected chi connectivity index (χ1v) is 5.84. The van der Waals surface area contributed by atoms with Crippen molar-refractivity contribution in [3.8, 4) is 0 Å². The van der Waals surface area contributed by atoms with Gasteiger partial charge in [-0.1, -0.05) is 48.0 Å². The van der Waals surface area contributed by atoms with Crippen molar-refractivity contribution in [1.82, 2.24) is 0 Å². The van der Waals surface area contributed by atoms with Crippen LogP contribution in [0.15, 0.2) is 54.6 Å². The zero-order valence-corrected chi connectivity index (χ0v) is 10.1. The largest absolute Gasteiger partial charge is 0.294 e. The second-order valence-corrected chi connectivity index (χ2v) is 4.41. The minimum Gasteiger partial charge on any atom is -0.294 e. The van der Waals surface area contributed by atoms with E-state index in [9.17, 15) is 4.79 Å². The van der Waals surface area contributed by atoms with E-state index >= 15 is 0 Å². The van der Waals surface area contributed by atoms with Crippen molar-refractivity contribution >= 4 is 16.6 Å². The van der Waals surface area contributed by atoms with Gasteiger partial charge in [0, 0.05) is 12.0 Å². The van der Waals surface area contributed by atoms with E-state index in [1.165, 1.54) is 0 Å². The van der Waals surface area contributed by atoms with Crippen LogP contribution in [0.1, 0.15) is 30.1 Å². The lowest BCUT2D eigenvalue weighted by atomic mass is 9.98. The maximum atomic E-state index is 12.1. The summed E-state index contributed by atoms with van der Waals surface area (Å²) in [6, 6.07) is 13.9. The van der Waals surface area contributed by atoms with E-state index in [0.29, 0.717) is 6.42 Å². The summed E-state index contributed by atoms with van der Waals surface area (Å²) in [7, 11) is 0. The molecule has 2 rings (SSSR count). The van der Waals surface area contributed by atoms with Crippen LogP contribution in [-0.4, -0.2) is 5.78 Å². The lowest BCUT2D eigenvalue weighted by molar-refractivity contribution is 0.0984. The van der Waals surface area contributed by atoms with Crippen LogP contribution >= 0.6 is 0 Å². The van der Waals surface area contributed by atoms with E-state index < -0.39 is 0 Å². The monoisotopic (exact) mass is 224 g/mol. The number of ketones is 1. The molecule has 0 N–H and O–H groups in total. The molecule has 0 spiro atoms. The Morgan fingerprint density at radius 3 is 2.53 bits per heavy atom. The second-order valence-electron chi connectivity index (χ2n) is 4.41. The Morgan fingerprint density at radius 1 is 1.06 bits per heavy atom. The predicted octanol–water partition coefficient (Wildman–Crippen LogP) is 4.38. The van der Waals surface area contributed by atoms with Crippen molar-refractivity contribution in [2.24, 2.45) is 0 Å². The zero-order valence-electron chi connectivity index (χ0n) is 10.1. The smallest absolute Gasteiger partial charge is 0.163 e. The Morgan fingerprint density at radius 2 is 1.76 bits per heavy atom. The van der Waals surface area contributed by atoms with Crippen LogP contribution in [0.4, 0.5) is 0 Å². The molecule has 2 aromatic rings. The molecular formula is C16H16O. The van der Waals surface area contributed by atoms with Crippen molar-refractivity contribution in [3.63, 3.8) is 0 Å². The summed E-state index contributed by atoms with van der Waals surface area (Å²) >= 11 is 0. The molecule has 0 saturated heterocycles. The summed E-state index contributed by atoms with van der Waals surface area (Å²) in [5.41, 5.74) is 1.88. The number of carbonyl (C=O) groups excluding carboxylic acids is 1. The van der Waals surface area contributed by atoms with Crippen LogP contribution < -0.4 is 0 Å². The number of hydrogen-bond donors (Lipinski definition) is 0. The lowest BCUT2D eigenvalue weighted by Gasteiger charge is -2.05. The fraction of sp³-hybridized carbons (Fsp3) is 0.188. The van der Waals surface area contributed by atoms with Gasteiger partial charge >= 0.3 is 0 Å². The van der Waals surface area contributed by atoms with Crippen molar-refractivity contribution in [2.75, 3.05) is 0 Å². The molecule has 17 heavy (non-hydrogen) atoms. The molecular weight excluding hydrogens is 208 g/mol. The number of carbonyl (C=O) groups is 1. The second kappa shape index (κ2) is 4.96. The summed E-state index contributed by atoms with van der Waals surface area (Å²) < 4.78 is 0. The minimum atomic E-state index is 0.199. The normalized spacial score (nSPS) is 10.4. The van der Waals surface area contributed by atoms with Gasteiger partial charge in [0.05, 0.1) is 0 Å². The number of hydrogen-bond acceptors (Lipinski definition) is 1. The number of allylic oxidation sites excluding steroid dienone is 1. The first kappa shape index (κ1) is 11.6. The van der Waals surface area contributed by atoms with Crippen LogP contribution in [0.3, 0.4) is 0 Å². The first-order valence-electron chi connectivity index (χ1n) is 5.84. The van der Waals surface area contributed by atoms with Gasteiger partial charge in [-0.25, -0.2) is 0 Å². The fourth-order valence-corrected chi connectivity index (χ4v) is 1.93. The van der Waals surface area contributed by atoms with Gasteiger partial charge in [-0.3, -0.25) is 4.79 Å². The Balaban J connectivity index is 2.35. The van der Waals surface area contributed by atoms with E-state index in [2.05, 4.69) is 6.58 Å². The average molecular weight is 224 g/mol. The standard InChI is InChI=1S/C16H16O/c1-12(2)10-11-16(17)15-9-5-7-13-6-3-4-8-14(13)15/h3-9H,1,10-11H2,2H3. The van der Waals surface area contributed by atoms with E-state index in [1.807, 2.05) is 49.4 Å². The lowest BCUT2D eigenvalue weighted by Crippen LogP contribution is -2.00. The van der Waals surface area contributed by atoms with Crippen LogP contribution in [0, 0.1) is 0 Å². The molecule has 86 valence electrons. The highest BCUT2D eigenvalue weighted by atomic mass is 16.1. The summed E-state index contributed by atoms with van der Waals surface area (Å²) in [5.74, 6) is 0.199. The maximum absolute atomic E-state index is 12.1. The molecule has 1 heteroatoms. The molecule has 0 bridgehead atoms. The molecule has 0 aromatic heterocycles. The third-order valence-electron chi connectivity index (χ3n) is 2.87. The first-order chi connectivity index (χ1) is 8.18. The highest BCUT2D eigenvalue weighted by Gasteiger charge is 2.09. The van der Waals surface area contributed by atoms with Crippen LogP contribution in [0.25, 0.3) is 10.8 Å². The molecule has 0 aliphatic heterocycles. The Labute approximate surface area is 102 Å². The summed E-state index contributed by atoms with van der Waals surface area (Å²) in [5, 5.41) is 2.16. The number of Topliss-reactive ketones (excluding diaryl/α,β-unsaturated/α-hetero) is 1. The van der Waals surface area contributed by atoms with Gasteiger partial charge in [0.1, 0.15) is 0 Å². The van der Waals surface area contributed by atoms with Crippen molar-refractivity contribution in [3.05, 3.63) is 60.2 Å². The molecule has 0 radical (unpaired) electrons. The Bertz CT molecular complexity index is 561. The van der Waals surface area contributed by atoms with Gasteiger partial charge in [0.2, 0.25) is 0 Å². The van der Waals surface area contributed by atoms with Gasteiger partial charge < -0.3 is 0 Å². The van der Waals surface area contributed by atoms with E-state index in [0.717, 1.165) is 28.3 Å². The molecule has 0 aliphatic rings. The van der Waals surface area contributed by atoms with Crippen LogP contribution in [0.5, 0.6) is 0 Å². The molecule has 0 atom stereocenters. The van der Waals surface area contributed by atoms with Gasteiger partial charge in [-0.2, -0.15) is 0 Å². The predicted molar refractivity (Wildman–Crippen MR) is 72.3 cm³/mol. The number of fused-ring (bicyclic) bond motifs is 1. The molecule has 0 saturated carbocycles. The third-order valence-corrected chi connectivity index (χ3v) is 2.87. The molecule has 0 fully saturated rings. The van der Waals surface area contributed by atoms with Gasteiger partial charge in [-0.15, -0.1) is 6.58 Å². The third kappa shape index (κ3) is 2.62. The molecule has 0 aliphatic carbocycles. The molecule has 0 amide bonds. The quantitative estimate of drug-likeness (QED) is 0.556. The number of rotatable bonds is 4. The van der Waals surface area contributed by atoms with Crippen molar-refractivity contribution in [1.29, 1.82) is 0 Å². The van der Waals surface area contributed by atoms with Crippen molar-refractivity contribution < 1.29 is 4.79 Å². The van der Waals surface area contributed by atoms with Gasteiger partial charge in [0.15, 0.2) is 5.78 Å². The highest BCUT2D eigenvalue weighted by molar-refractivity contribution is 6.08. The summed E-state index contributed by atoms with van der Waals surface area (Å²) in [6.07, 6.45) is 1.31. The zero-order chi connectivity index (χ0) is 12.3. The molecule has 0 heterocycles. The maximum Gasteiger partial charge on any atom is 0.163 e. The Kier molecular flexibility index (Phi) is 3.38. The van der Waals surface area contributed by atoms with Gasteiger partial charge in [0.25, 0.3) is 0 Å². The molecule has 1 nitrogen and oxygen atoms in total. The number of benzene rings is 2. The van der Waals surface area contributed by atoms with E-state index in [-0.39, 0.29) is 5.78 Å². The summed E-state index contributed by atoms with van der Waals surface area (Å²) in [6.45, 7) is 5.79. The van der Waals surface area contributed by atoms with Crippen molar-refractivity contribution in [2.45, 2.75) is 19.8 Å².